The fourth-order valence-electron chi connectivity index (χ4n) is 1.71. The predicted octanol–water partition coefficient (Wildman–Crippen LogP) is 1.59. The lowest BCUT2D eigenvalue weighted by molar-refractivity contribution is 0.261. The van der Waals surface area contributed by atoms with Crippen LogP contribution in [0.15, 0.2) is 18.2 Å². The maximum absolute atomic E-state index is 5.66. The fraction of sp³-hybridized carbons (Fsp3) is 0.500. The van der Waals surface area contributed by atoms with E-state index >= 15 is 0 Å². The summed E-state index contributed by atoms with van der Waals surface area (Å²) in [5, 5.41) is 3.35. The molecule has 0 aromatic heterocycles. The standard InChI is InChI=1S/C12H18N2O/c1-14(2)7-8-15-11-4-3-10-5-6-13-12(10)9-11/h3-4,9,13H,5-8H2,1-2H3. The van der Waals surface area contributed by atoms with Crippen LogP contribution in [0, 0.1) is 0 Å². The molecule has 3 nitrogen and oxygen atoms in total. The van der Waals surface area contributed by atoms with Gasteiger partial charge in [-0.1, -0.05) is 6.07 Å². The van der Waals surface area contributed by atoms with Crippen molar-refractivity contribution in [3.8, 4) is 5.75 Å². The normalized spacial score (nSPS) is 13.8. The zero-order valence-corrected chi connectivity index (χ0v) is 9.42. The van der Waals surface area contributed by atoms with Crippen LogP contribution in [-0.2, 0) is 6.42 Å². The average molecular weight is 206 g/mol. The number of rotatable bonds is 4. The number of hydrogen-bond acceptors (Lipinski definition) is 3. The Bertz CT molecular complexity index is 336. The van der Waals surface area contributed by atoms with Crippen molar-refractivity contribution >= 4 is 5.69 Å². The van der Waals surface area contributed by atoms with Gasteiger partial charge in [-0.25, -0.2) is 0 Å². The van der Waals surface area contributed by atoms with Crippen molar-refractivity contribution in [2.45, 2.75) is 6.42 Å². The number of nitrogens with zero attached hydrogens (tertiary/aromatic N) is 1. The van der Waals surface area contributed by atoms with Gasteiger partial charge in [0.15, 0.2) is 0 Å². The van der Waals surface area contributed by atoms with Gasteiger partial charge in [0.05, 0.1) is 0 Å². The zero-order valence-electron chi connectivity index (χ0n) is 9.42. The quantitative estimate of drug-likeness (QED) is 0.809. The molecule has 1 heterocycles. The molecule has 1 N–H and O–H groups in total. The van der Waals surface area contributed by atoms with Crippen LogP contribution in [0.3, 0.4) is 0 Å². The van der Waals surface area contributed by atoms with Crippen LogP contribution in [-0.4, -0.2) is 38.7 Å². The summed E-state index contributed by atoms with van der Waals surface area (Å²) in [5.74, 6) is 0.963. The number of anilines is 1. The number of nitrogens with one attached hydrogen (secondary N) is 1. The molecular formula is C12H18N2O. The Kier molecular flexibility index (Phi) is 3.11. The van der Waals surface area contributed by atoms with Crippen LogP contribution in [0.25, 0.3) is 0 Å². The van der Waals surface area contributed by atoms with Crippen molar-refractivity contribution in [1.29, 1.82) is 0 Å². The average Bonchev–Trinajstić information content (AvgIpc) is 2.64. The minimum atomic E-state index is 0.742. The molecule has 0 bridgehead atoms. The van der Waals surface area contributed by atoms with Gasteiger partial charge in [-0.15, -0.1) is 0 Å². The predicted molar refractivity (Wildman–Crippen MR) is 62.7 cm³/mol. The topological polar surface area (TPSA) is 24.5 Å². The lowest BCUT2D eigenvalue weighted by Crippen LogP contribution is -2.19. The molecule has 0 radical (unpaired) electrons. The number of fused-ring (bicyclic) bond motifs is 1. The molecule has 0 atom stereocenters. The lowest BCUT2D eigenvalue weighted by atomic mass is 10.1. The van der Waals surface area contributed by atoms with E-state index in [1.165, 1.54) is 11.3 Å². The Balaban J connectivity index is 1.92. The Morgan fingerprint density at radius 1 is 1.40 bits per heavy atom. The Morgan fingerprint density at radius 2 is 2.27 bits per heavy atom. The van der Waals surface area contributed by atoms with E-state index in [2.05, 4.69) is 28.4 Å². The molecule has 0 fully saturated rings. The molecule has 0 spiro atoms. The van der Waals surface area contributed by atoms with E-state index in [0.29, 0.717) is 0 Å². The maximum Gasteiger partial charge on any atom is 0.121 e. The smallest absolute Gasteiger partial charge is 0.121 e. The number of benzene rings is 1. The van der Waals surface area contributed by atoms with E-state index in [1.807, 2.05) is 14.1 Å². The maximum atomic E-state index is 5.66. The van der Waals surface area contributed by atoms with Crippen LogP contribution in [0.1, 0.15) is 5.56 Å². The molecule has 2 rings (SSSR count). The molecule has 3 heteroatoms. The van der Waals surface area contributed by atoms with Gasteiger partial charge in [0.1, 0.15) is 12.4 Å². The zero-order chi connectivity index (χ0) is 10.7. The monoisotopic (exact) mass is 206 g/mol. The van der Waals surface area contributed by atoms with Crippen molar-refractivity contribution < 1.29 is 4.74 Å². The van der Waals surface area contributed by atoms with Crippen LogP contribution < -0.4 is 10.1 Å². The van der Waals surface area contributed by atoms with Crippen molar-refractivity contribution in [3.63, 3.8) is 0 Å². The first kappa shape index (κ1) is 10.3. The number of hydrogen-bond donors (Lipinski definition) is 1. The number of ether oxygens (including phenoxy) is 1. The van der Waals surface area contributed by atoms with Crippen molar-refractivity contribution in [1.82, 2.24) is 4.90 Å². The van der Waals surface area contributed by atoms with Gasteiger partial charge in [0, 0.05) is 24.8 Å². The third kappa shape index (κ3) is 2.63. The number of likely N-dealkylation sites (N-methyl/N-ethyl adjacent to an activating group) is 1. The van der Waals surface area contributed by atoms with Crippen LogP contribution >= 0.6 is 0 Å². The molecule has 1 aromatic carbocycles. The highest BCUT2D eigenvalue weighted by Gasteiger charge is 2.09. The second kappa shape index (κ2) is 4.53. The minimum Gasteiger partial charge on any atom is -0.492 e. The largest absolute Gasteiger partial charge is 0.492 e. The van der Waals surface area contributed by atoms with E-state index in [-0.39, 0.29) is 0 Å². The lowest BCUT2D eigenvalue weighted by Gasteiger charge is -2.11. The second-order valence-electron chi connectivity index (χ2n) is 4.15. The highest BCUT2D eigenvalue weighted by molar-refractivity contribution is 5.58. The van der Waals surface area contributed by atoms with Crippen molar-refractivity contribution in [3.05, 3.63) is 23.8 Å². The summed E-state index contributed by atoms with van der Waals surface area (Å²) >= 11 is 0. The van der Waals surface area contributed by atoms with E-state index in [4.69, 9.17) is 4.74 Å². The molecule has 1 aliphatic rings. The Labute approximate surface area is 91.0 Å². The fourth-order valence-corrected chi connectivity index (χ4v) is 1.71. The Morgan fingerprint density at radius 3 is 3.07 bits per heavy atom. The van der Waals surface area contributed by atoms with Gasteiger partial charge in [0.25, 0.3) is 0 Å². The summed E-state index contributed by atoms with van der Waals surface area (Å²) in [6.07, 6.45) is 1.13. The highest BCUT2D eigenvalue weighted by atomic mass is 16.5. The molecule has 82 valence electrons. The molecule has 0 saturated heterocycles. The minimum absolute atomic E-state index is 0.742. The van der Waals surface area contributed by atoms with Gasteiger partial charge in [0.2, 0.25) is 0 Å². The molecule has 0 saturated carbocycles. The van der Waals surface area contributed by atoms with Crippen molar-refractivity contribution in [2.24, 2.45) is 0 Å². The van der Waals surface area contributed by atoms with E-state index in [9.17, 15) is 0 Å². The first-order valence-electron chi connectivity index (χ1n) is 5.40. The van der Waals surface area contributed by atoms with Crippen LogP contribution in [0.4, 0.5) is 5.69 Å². The summed E-state index contributed by atoms with van der Waals surface area (Å²) in [6, 6.07) is 6.31. The van der Waals surface area contributed by atoms with Gasteiger partial charge in [-0.05, 0) is 32.1 Å². The molecule has 1 aliphatic heterocycles. The molecule has 1 aromatic rings. The summed E-state index contributed by atoms with van der Waals surface area (Å²) in [4.78, 5) is 2.12. The first-order valence-corrected chi connectivity index (χ1v) is 5.40. The first-order chi connectivity index (χ1) is 7.25. The third-order valence-electron chi connectivity index (χ3n) is 2.60. The molecule has 15 heavy (non-hydrogen) atoms. The van der Waals surface area contributed by atoms with E-state index < -0.39 is 0 Å². The summed E-state index contributed by atoms with van der Waals surface area (Å²) in [5.41, 5.74) is 2.63. The third-order valence-corrected chi connectivity index (χ3v) is 2.60. The Hall–Kier alpha value is -1.22. The summed E-state index contributed by atoms with van der Waals surface area (Å²) < 4.78 is 5.66. The van der Waals surface area contributed by atoms with Crippen LogP contribution in [0.2, 0.25) is 0 Å². The summed E-state index contributed by atoms with van der Waals surface area (Å²) in [6.45, 7) is 2.74. The summed E-state index contributed by atoms with van der Waals surface area (Å²) in [7, 11) is 4.10. The molecule has 0 aliphatic carbocycles. The van der Waals surface area contributed by atoms with E-state index in [0.717, 1.165) is 31.9 Å². The molecular weight excluding hydrogens is 188 g/mol. The highest BCUT2D eigenvalue weighted by Crippen LogP contribution is 2.26. The second-order valence-corrected chi connectivity index (χ2v) is 4.15. The van der Waals surface area contributed by atoms with Gasteiger partial charge < -0.3 is 15.0 Å². The van der Waals surface area contributed by atoms with Gasteiger partial charge in [-0.3, -0.25) is 0 Å². The van der Waals surface area contributed by atoms with Crippen molar-refractivity contribution in [2.75, 3.05) is 39.1 Å². The van der Waals surface area contributed by atoms with Gasteiger partial charge >= 0.3 is 0 Å². The molecule has 0 amide bonds. The molecule has 0 unspecified atom stereocenters. The SMILES string of the molecule is CN(C)CCOc1ccc2c(c1)NCC2. The van der Waals surface area contributed by atoms with Gasteiger partial charge in [-0.2, -0.15) is 0 Å². The van der Waals surface area contributed by atoms with Crippen LogP contribution in [0.5, 0.6) is 5.75 Å². The van der Waals surface area contributed by atoms with E-state index in [1.54, 1.807) is 0 Å².